The van der Waals surface area contributed by atoms with Gasteiger partial charge in [0.2, 0.25) is 0 Å². The minimum atomic E-state index is -0.967. The molecule has 2 aliphatic rings. The number of para-hydroxylation sites is 2. The Balaban J connectivity index is 1.66. The summed E-state index contributed by atoms with van der Waals surface area (Å²) in [6.07, 6.45) is 0.514. The van der Waals surface area contributed by atoms with Crippen LogP contribution < -0.4 is 10.1 Å². The molecule has 1 aliphatic carbocycles. The highest BCUT2D eigenvalue weighted by molar-refractivity contribution is 6.15. The average Bonchev–Trinajstić information content (AvgIpc) is 3.29. The highest BCUT2D eigenvalue weighted by Crippen LogP contribution is 2.54. The first-order chi connectivity index (χ1) is 10.7. The number of carbonyl (C=O) groups is 1. The van der Waals surface area contributed by atoms with Crippen molar-refractivity contribution < 1.29 is 14.7 Å². The van der Waals surface area contributed by atoms with Crippen molar-refractivity contribution in [2.45, 2.75) is 12.0 Å². The lowest BCUT2D eigenvalue weighted by Crippen LogP contribution is -2.41. The molecule has 0 bridgehead atoms. The molecule has 0 radical (unpaired) electrons. The molecule has 22 heavy (non-hydrogen) atoms. The molecule has 2 aromatic carbocycles. The molecule has 2 aromatic rings. The van der Waals surface area contributed by atoms with Crippen LogP contribution in [0.3, 0.4) is 0 Å². The molecule has 1 fully saturated rings. The van der Waals surface area contributed by atoms with Gasteiger partial charge in [-0.3, -0.25) is 4.79 Å². The minimum Gasteiger partial charge on any atom is -0.476 e. The van der Waals surface area contributed by atoms with Crippen molar-refractivity contribution >= 4 is 17.3 Å². The molecule has 2 atom stereocenters. The van der Waals surface area contributed by atoms with Gasteiger partial charge in [-0.25, -0.2) is 0 Å². The van der Waals surface area contributed by atoms with Crippen LogP contribution >= 0.6 is 0 Å². The fourth-order valence-electron chi connectivity index (χ4n) is 3.01. The highest BCUT2D eigenvalue weighted by atomic mass is 16.5. The van der Waals surface area contributed by atoms with Crippen molar-refractivity contribution in [1.82, 2.24) is 0 Å². The quantitative estimate of drug-likeness (QED) is 0.660. The number of fused-ring (bicyclic) bond motifs is 2. The molecule has 1 amide bonds. The van der Waals surface area contributed by atoms with Gasteiger partial charge < -0.3 is 15.3 Å². The number of anilines is 1. The number of oxime groups is 1. The van der Waals surface area contributed by atoms with Gasteiger partial charge in [-0.2, -0.15) is 0 Å². The van der Waals surface area contributed by atoms with Gasteiger partial charge in [-0.05, 0) is 24.3 Å². The first kappa shape index (κ1) is 12.9. The van der Waals surface area contributed by atoms with Crippen LogP contribution in [-0.4, -0.2) is 22.4 Å². The van der Waals surface area contributed by atoms with Gasteiger partial charge >= 0.3 is 0 Å². The molecule has 110 valence electrons. The summed E-state index contributed by atoms with van der Waals surface area (Å²) < 4.78 is 5.96. The number of amides is 1. The minimum absolute atomic E-state index is 0.209. The monoisotopic (exact) mass is 294 g/mol. The number of nitrogens with one attached hydrogen (secondary N) is 1. The van der Waals surface area contributed by atoms with E-state index in [1.807, 2.05) is 48.5 Å². The van der Waals surface area contributed by atoms with Crippen LogP contribution in [0.2, 0.25) is 0 Å². The number of hydrogen-bond acceptors (Lipinski definition) is 4. The Labute approximate surface area is 127 Å². The Bertz CT molecular complexity index is 772. The highest BCUT2D eigenvalue weighted by Gasteiger charge is 2.68. The normalized spacial score (nSPS) is 26.5. The Morgan fingerprint density at radius 2 is 1.91 bits per heavy atom. The Morgan fingerprint density at radius 1 is 1.18 bits per heavy atom. The van der Waals surface area contributed by atoms with E-state index in [4.69, 9.17) is 4.74 Å². The van der Waals surface area contributed by atoms with Crippen molar-refractivity contribution in [1.29, 1.82) is 0 Å². The van der Waals surface area contributed by atoms with Crippen LogP contribution in [0.5, 0.6) is 5.75 Å². The van der Waals surface area contributed by atoms with E-state index in [1.54, 1.807) is 6.07 Å². The second-order valence-corrected chi connectivity index (χ2v) is 5.55. The third-order valence-corrected chi connectivity index (χ3v) is 4.22. The van der Waals surface area contributed by atoms with Gasteiger partial charge in [0.15, 0.2) is 5.60 Å². The lowest BCUT2D eigenvalue weighted by atomic mass is 9.99. The first-order valence-corrected chi connectivity index (χ1v) is 7.11. The summed E-state index contributed by atoms with van der Waals surface area (Å²) in [7, 11) is 0. The second kappa shape index (κ2) is 4.59. The van der Waals surface area contributed by atoms with E-state index < -0.39 is 5.60 Å². The predicted molar refractivity (Wildman–Crippen MR) is 81.3 cm³/mol. The van der Waals surface area contributed by atoms with E-state index in [-0.39, 0.29) is 11.8 Å². The Kier molecular flexibility index (Phi) is 2.69. The van der Waals surface area contributed by atoms with E-state index in [0.717, 1.165) is 11.3 Å². The maximum atomic E-state index is 12.6. The fourth-order valence-corrected chi connectivity index (χ4v) is 3.01. The molecule has 0 saturated heterocycles. The second-order valence-electron chi connectivity index (χ2n) is 5.55. The molecular weight excluding hydrogens is 280 g/mol. The number of nitrogens with zero attached hydrogens (tertiary/aromatic N) is 1. The maximum Gasteiger partial charge on any atom is 0.269 e. The van der Waals surface area contributed by atoms with E-state index >= 15 is 0 Å². The molecule has 5 heteroatoms. The Hall–Kier alpha value is -2.82. The van der Waals surface area contributed by atoms with Crippen molar-refractivity contribution in [2.24, 2.45) is 11.1 Å². The maximum absolute atomic E-state index is 12.6. The van der Waals surface area contributed by atoms with E-state index in [1.165, 1.54) is 0 Å². The van der Waals surface area contributed by atoms with Crippen molar-refractivity contribution in [3.8, 4) is 5.75 Å². The lowest BCUT2D eigenvalue weighted by molar-refractivity contribution is -0.125. The van der Waals surface area contributed by atoms with Gasteiger partial charge in [0, 0.05) is 17.7 Å². The molecule has 5 nitrogen and oxygen atoms in total. The zero-order valence-corrected chi connectivity index (χ0v) is 11.7. The molecule has 0 spiro atoms. The molecular formula is C17H14N2O3. The number of ether oxygens (including phenoxy) is 1. The molecule has 4 rings (SSSR count). The van der Waals surface area contributed by atoms with E-state index in [0.29, 0.717) is 17.9 Å². The first-order valence-electron chi connectivity index (χ1n) is 7.11. The number of carbonyl (C=O) groups excluding carboxylic acids is 1. The molecule has 2 N–H and O–H groups in total. The summed E-state index contributed by atoms with van der Waals surface area (Å²) in [5.74, 6) is 0.155. The number of rotatable bonds is 2. The van der Waals surface area contributed by atoms with Crippen LogP contribution in [0.4, 0.5) is 5.69 Å². The predicted octanol–water partition coefficient (Wildman–Crippen LogP) is 2.65. The molecule has 0 aromatic heterocycles. The third kappa shape index (κ3) is 1.79. The zero-order valence-electron chi connectivity index (χ0n) is 11.7. The van der Waals surface area contributed by atoms with Crippen molar-refractivity contribution in [3.05, 3.63) is 60.2 Å². The summed E-state index contributed by atoms with van der Waals surface area (Å²) in [5, 5.41) is 15.6. The van der Waals surface area contributed by atoms with E-state index in [9.17, 15) is 10.0 Å². The smallest absolute Gasteiger partial charge is 0.269 e. The fraction of sp³-hybridized carbons (Fsp3) is 0.176. The molecule has 1 aliphatic heterocycles. The van der Waals surface area contributed by atoms with Crippen LogP contribution in [0.1, 0.15) is 12.0 Å². The van der Waals surface area contributed by atoms with E-state index in [2.05, 4.69) is 10.5 Å². The summed E-state index contributed by atoms with van der Waals surface area (Å²) >= 11 is 0. The largest absolute Gasteiger partial charge is 0.476 e. The van der Waals surface area contributed by atoms with Gasteiger partial charge in [-0.1, -0.05) is 35.5 Å². The van der Waals surface area contributed by atoms with Crippen LogP contribution in [0, 0.1) is 5.92 Å². The summed E-state index contributed by atoms with van der Waals surface area (Å²) in [6, 6.07) is 16.6. The van der Waals surface area contributed by atoms with Crippen molar-refractivity contribution in [3.63, 3.8) is 0 Å². The number of benzene rings is 2. The summed E-state index contributed by atoms with van der Waals surface area (Å²) in [5.41, 5.74) is 1.02. The molecule has 1 saturated carbocycles. The SMILES string of the molecule is O=C(Nc1ccccc1)[C@]12C[C@H]1C(=NO)c1ccccc1O2. The van der Waals surface area contributed by atoms with Gasteiger partial charge in [0.25, 0.3) is 5.91 Å². The topological polar surface area (TPSA) is 70.9 Å². The lowest BCUT2D eigenvalue weighted by Gasteiger charge is -2.25. The number of hydrogen-bond donors (Lipinski definition) is 2. The van der Waals surface area contributed by atoms with Gasteiger partial charge in [-0.15, -0.1) is 0 Å². The van der Waals surface area contributed by atoms with Gasteiger partial charge in [0.1, 0.15) is 5.75 Å². The molecule has 0 unspecified atom stereocenters. The zero-order chi connectivity index (χ0) is 15.2. The van der Waals surface area contributed by atoms with Crippen LogP contribution in [-0.2, 0) is 4.79 Å². The van der Waals surface area contributed by atoms with Gasteiger partial charge in [0.05, 0.1) is 11.6 Å². The Morgan fingerprint density at radius 3 is 2.68 bits per heavy atom. The standard InChI is InChI=1S/C17H14N2O3/c20-16(18-11-6-2-1-3-7-11)17-10-13(17)15(19-21)12-8-4-5-9-14(12)22-17/h1-9,13,21H,10H2,(H,18,20)/t13-,17-/m0/s1. The molecule has 1 heterocycles. The average molecular weight is 294 g/mol. The summed E-state index contributed by atoms with van der Waals surface area (Å²) in [6.45, 7) is 0. The van der Waals surface area contributed by atoms with Crippen LogP contribution in [0.25, 0.3) is 0 Å². The van der Waals surface area contributed by atoms with Crippen LogP contribution in [0.15, 0.2) is 59.8 Å². The third-order valence-electron chi connectivity index (χ3n) is 4.22. The summed E-state index contributed by atoms with van der Waals surface area (Å²) in [4.78, 5) is 12.6. The van der Waals surface area contributed by atoms with Crippen molar-refractivity contribution in [2.75, 3.05) is 5.32 Å².